The molecule has 0 aliphatic rings. The predicted molar refractivity (Wildman–Crippen MR) is 74.9 cm³/mol. The smallest absolute Gasteiger partial charge is 0.270 e. The maximum Gasteiger partial charge on any atom is 0.270 e. The minimum absolute atomic E-state index is 0.109. The molecule has 2 aromatic heterocycles. The minimum Gasteiger partial charge on any atom is -0.277 e. The third-order valence-corrected chi connectivity index (χ3v) is 3.81. The predicted octanol–water partition coefficient (Wildman–Crippen LogP) is 2.66. The summed E-state index contributed by atoms with van der Waals surface area (Å²) in [6.45, 7) is 0. The second-order valence-corrected chi connectivity index (χ2v) is 5.07. The second-order valence-electron chi connectivity index (χ2n) is 4.06. The fraction of sp³-hybridized carbons (Fsp3) is 0. The highest BCUT2D eigenvalue weighted by Crippen LogP contribution is 2.31. The van der Waals surface area contributed by atoms with E-state index in [2.05, 4.69) is 10.2 Å². The topological polar surface area (TPSA) is 97.1 Å². The fourth-order valence-electron chi connectivity index (χ4n) is 1.80. The summed E-state index contributed by atoms with van der Waals surface area (Å²) >= 11 is 1.24. The van der Waals surface area contributed by atoms with E-state index in [1.807, 2.05) is 30.5 Å². The maximum absolute atomic E-state index is 10.7. The van der Waals surface area contributed by atoms with Gasteiger partial charge in [0.05, 0.1) is 10.5 Å². The number of aromatic nitrogens is 3. The first-order valence-corrected chi connectivity index (χ1v) is 6.67. The van der Waals surface area contributed by atoms with Crippen LogP contribution in [0.4, 0.5) is 5.69 Å². The van der Waals surface area contributed by atoms with E-state index in [1.165, 1.54) is 23.9 Å². The van der Waals surface area contributed by atoms with E-state index in [4.69, 9.17) is 5.26 Å². The molecular formula is C13H7N5O2S. The van der Waals surface area contributed by atoms with E-state index >= 15 is 0 Å². The number of nitrogens with zero attached hydrogens (tertiary/aromatic N) is 5. The van der Waals surface area contributed by atoms with Crippen molar-refractivity contribution in [1.82, 2.24) is 14.6 Å². The van der Waals surface area contributed by atoms with Gasteiger partial charge in [-0.05, 0) is 30.0 Å². The molecule has 3 aromatic rings. The van der Waals surface area contributed by atoms with E-state index in [0.29, 0.717) is 15.7 Å². The van der Waals surface area contributed by atoms with Gasteiger partial charge in [-0.2, -0.15) is 5.26 Å². The average Bonchev–Trinajstić information content (AvgIpc) is 2.91. The number of nitro benzene ring substituents is 1. The number of nitriles is 1. The molecule has 0 spiro atoms. The van der Waals surface area contributed by atoms with Crippen molar-refractivity contribution in [2.24, 2.45) is 0 Å². The SMILES string of the molecule is N#Cc1cc([N+](=O)[O-])ccc1Sc1nnc2ccccn12. The Labute approximate surface area is 123 Å². The molecule has 0 N–H and O–H groups in total. The van der Waals surface area contributed by atoms with E-state index in [-0.39, 0.29) is 11.3 Å². The van der Waals surface area contributed by atoms with Crippen LogP contribution in [0.2, 0.25) is 0 Å². The number of nitro groups is 1. The first kappa shape index (κ1) is 13.1. The van der Waals surface area contributed by atoms with Crippen molar-refractivity contribution in [2.45, 2.75) is 10.1 Å². The van der Waals surface area contributed by atoms with Gasteiger partial charge in [-0.3, -0.25) is 14.5 Å². The average molecular weight is 297 g/mol. The second kappa shape index (κ2) is 5.22. The maximum atomic E-state index is 10.7. The zero-order valence-electron chi connectivity index (χ0n) is 10.5. The van der Waals surface area contributed by atoms with Gasteiger partial charge in [-0.1, -0.05) is 6.07 Å². The number of hydrogen-bond acceptors (Lipinski definition) is 6. The third kappa shape index (κ3) is 2.42. The molecule has 0 aliphatic heterocycles. The van der Waals surface area contributed by atoms with Crippen LogP contribution in [0.25, 0.3) is 5.65 Å². The van der Waals surface area contributed by atoms with Crippen LogP contribution in [0.3, 0.4) is 0 Å². The Hall–Kier alpha value is -2.92. The molecule has 7 nitrogen and oxygen atoms in total. The van der Waals surface area contributed by atoms with Crippen LogP contribution < -0.4 is 0 Å². The molecule has 0 saturated heterocycles. The first-order chi connectivity index (χ1) is 10.2. The third-order valence-electron chi connectivity index (χ3n) is 2.78. The molecule has 0 unspecified atom stereocenters. The van der Waals surface area contributed by atoms with Gasteiger partial charge in [0, 0.05) is 23.2 Å². The van der Waals surface area contributed by atoms with E-state index in [0.717, 1.165) is 0 Å². The lowest BCUT2D eigenvalue weighted by atomic mass is 10.2. The van der Waals surface area contributed by atoms with Gasteiger partial charge in [0.2, 0.25) is 0 Å². The normalized spacial score (nSPS) is 10.4. The molecule has 0 atom stereocenters. The largest absolute Gasteiger partial charge is 0.277 e. The van der Waals surface area contributed by atoms with Gasteiger partial charge in [0.25, 0.3) is 5.69 Å². The molecule has 102 valence electrons. The Morgan fingerprint density at radius 2 is 2.14 bits per heavy atom. The molecule has 0 fully saturated rings. The molecule has 0 radical (unpaired) electrons. The van der Waals surface area contributed by atoms with Crippen molar-refractivity contribution >= 4 is 23.1 Å². The number of pyridine rings is 1. The van der Waals surface area contributed by atoms with Crippen LogP contribution in [0.5, 0.6) is 0 Å². The number of hydrogen-bond donors (Lipinski definition) is 0. The highest BCUT2D eigenvalue weighted by Gasteiger charge is 2.14. The zero-order valence-corrected chi connectivity index (χ0v) is 11.3. The van der Waals surface area contributed by atoms with Crippen LogP contribution in [-0.4, -0.2) is 19.5 Å². The lowest BCUT2D eigenvalue weighted by molar-refractivity contribution is -0.384. The standard InChI is InChI=1S/C13H7N5O2S/c14-8-9-7-10(18(19)20)4-5-11(9)21-13-16-15-12-3-1-2-6-17(12)13/h1-7H. The Morgan fingerprint density at radius 1 is 1.29 bits per heavy atom. The van der Waals surface area contributed by atoms with Crippen molar-refractivity contribution in [1.29, 1.82) is 5.26 Å². The Bertz CT molecular complexity index is 884. The quantitative estimate of drug-likeness (QED) is 0.544. The molecule has 2 heterocycles. The van der Waals surface area contributed by atoms with Crippen LogP contribution in [0.1, 0.15) is 5.56 Å². The van der Waals surface area contributed by atoms with E-state index < -0.39 is 4.92 Å². The lowest BCUT2D eigenvalue weighted by Crippen LogP contribution is -1.91. The van der Waals surface area contributed by atoms with Gasteiger partial charge >= 0.3 is 0 Å². The van der Waals surface area contributed by atoms with E-state index in [1.54, 1.807) is 10.5 Å². The van der Waals surface area contributed by atoms with Gasteiger partial charge < -0.3 is 0 Å². The van der Waals surface area contributed by atoms with E-state index in [9.17, 15) is 10.1 Å². The number of fused-ring (bicyclic) bond motifs is 1. The monoisotopic (exact) mass is 297 g/mol. The Balaban J connectivity index is 2.02. The van der Waals surface area contributed by atoms with Crippen molar-refractivity contribution in [2.75, 3.05) is 0 Å². The fourth-order valence-corrected chi connectivity index (χ4v) is 2.68. The van der Waals surface area contributed by atoms with Gasteiger partial charge in [-0.25, -0.2) is 0 Å². The van der Waals surface area contributed by atoms with Crippen molar-refractivity contribution in [3.8, 4) is 6.07 Å². The number of benzene rings is 1. The van der Waals surface area contributed by atoms with Crippen LogP contribution in [0, 0.1) is 21.4 Å². The van der Waals surface area contributed by atoms with Crippen LogP contribution in [0.15, 0.2) is 52.6 Å². The molecule has 21 heavy (non-hydrogen) atoms. The molecule has 0 bridgehead atoms. The number of rotatable bonds is 3. The molecule has 0 amide bonds. The van der Waals surface area contributed by atoms with Crippen molar-refractivity contribution < 1.29 is 4.92 Å². The van der Waals surface area contributed by atoms with Crippen molar-refractivity contribution in [3.05, 3.63) is 58.3 Å². The van der Waals surface area contributed by atoms with Gasteiger partial charge in [0.1, 0.15) is 6.07 Å². The molecule has 1 aromatic carbocycles. The molecule has 0 aliphatic carbocycles. The van der Waals surface area contributed by atoms with Gasteiger partial charge in [-0.15, -0.1) is 10.2 Å². The highest BCUT2D eigenvalue weighted by molar-refractivity contribution is 7.99. The van der Waals surface area contributed by atoms with Crippen LogP contribution in [-0.2, 0) is 0 Å². The van der Waals surface area contributed by atoms with Crippen molar-refractivity contribution in [3.63, 3.8) is 0 Å². The Morgan fingerprint density at radius 3 is 2.90 bits per heavy atom. The summed E-state index contributed by atoms with van der Waals surface area (Å²) < 4.78 is 1.78. The summed E-state index contributed by atoms with van der Waals surface area (Å²) in [5.74, 6) is 0. The highest BCUT2D eigenvalue weighted by atomic mass is 32.2. The first-order valence-electron chi connectivity index (χ1n) is 5.85. The molecule has 3 rings (SSSR count). The molecule has 0 saturated carbocycles. The number of non-ortho nitro benzene ring substituents is 1. The summed E-state index contributed by atoms with van der Waals surface area (Å²) in [5, 5.41) is 28.5. The molecular weight excluding hydrogens is 290 g/mol. The van der Waals surface area contributed by atoms with Crippen LogP contribution >= 0.6 is 11.8 Å². The summed E-state index contributed by atoms with van der Waals surface area (Å²) in [6.07, 6.45) is 1.81. The Kier molecular flexibility index (Phi) is 3.25. The minimum atomic E-state index is -0.526. The van der Waals surface area contributed by atoms with Gasteiger partial charge in [0.15, 0.2) is 10.8 Å². The summed E-state index contributed by atoms with van der Waals surface area (Å²) in [4.78, 5) is 10.8. The lowest BCUT2D eigenvalue weighted by Gasteiger charge is -2.02. The molecule has 8 heteroatoms. The summed E-state index contributed by atoms with van der Waals surface area (Å²) in [5.41, 5.74) is 0.823. The summed E-state index contributed by atoms with van der Waals surface area (Å²) in [7, 11) is 0. The zero-order chi connectivity index (χ0) is 14.8. The summed E-state index contributed by atoms with van der Waals surface area (Å²) in [6, 6.07) is 11.7.